The summed E-state index contributed by atoms with van der Waals surface area (Å²) >= 11 is 1.20. The number of nitrogens with zero attached hydrogens (tertiary/aromatic N) is 3. The Morgan fingerprint density at radius 2 is 1.85 bits per heavy atom. The molecule has 8 heteroatoms. The Kier molecular flexibility index (Phi) is 5.21. The first-order chi connectivity index (χ1) is 12.8. The molecular weight excluding hydrogens is 382 g/mol. The van der Waals surface area contributed by atoms with Crippen molar-refractivity contribution in [2.24, 2.45) is 0 Å². The van der Waals surface area contributed by atoms with Gasteiger partial charge in [0.15, 0.2) is 0 Å². The number of anilines is 1. The van der Waals surface area contributed by atoms with E-state index in [1.165, 1.54) is 23.1 Å². The highest BCUT2D eigenvalue weighted by atomic mass is 32.2. The second kappa shape index (κ2) is 7.28. The molecule has 0 aliphatic rings. The molecule has 27 heavy (non-hydrogen) atoms. The first-order valence-electron chi connectivity index (χ1n) is 8.49. The summed E-state index contributed by atoms with van der Waals surface area (Å²) in [6.45, 7) is 5.61. The fourth-order valence-electron chi connectivity index (χ4n) is 2.83. The van der Waals surface area contributed by atoms with Crippen LogP contribution in [0.4, 0.5) is 5.69 Å². The average molecular weight is 404 g/mol. The smallest absolute Gasteiger partial charge is 0.268 e. The van der Waals surface area contributed by atoms with Gasteiger partial charge < -0.3 is 0 Å². The molecule has 1 aromatic carbocycles. The van der Waals surface area contributed by atoms with E-state index in [2.05, 4.69) is 5.10 Å². The first kappa shape index (κ1) is 19.3. The molecular formula is C19H21N3O3S2. The lowest BCUT2D eigenvalue weighted by Crippen LogP contribution is -2.28. The van der Waals surface area contributed by atoms with Gasteiger partial charge in [0.2, 0.25) is 0 Å². The molecule has 0 saturated carbocycles. The minimum Gasteiger partial charge on any atom is -0.268 e. The molecule has 3 rings (SSSR count). The van der Waals surface area contributed by atoms with Crippen LogP contribution in [0.15, 0.2) is 46.7 Å². The van der Waals surface area contributed by atoms with Crippen molar-refractivity contribution in [1.82, 2.24) is 9.78 Å². The number of carbonyl (C=O) groups excluding carboxylic acids is 1. The molecule has 0 bridgehead atoms. The van der Waals surface area contributed by atoms with Crippen molar-refractivity contribution in [3.05, 3.63) is 63.6 Å². The fraction of sp³-hybridized carbons (Fsp3) is 0.263. The Labute approximate surface area is 163 Å². The topological polar surface area (TPSA) is 72.3 Å². The molecule has 142 valence electrons. The van der Waals surface area contributed by atoms with Crippen LogP contribution in [0.3, 0.4) is 0 Å². The average Bonchev–Trinajstić information content (AvgIpc) is 3.26. The Morgan fingerprint density at radius 3 is 2.41 bits per heavy atom. The maximum absolute atomic E-state index is 13.0. The molecule has 0 unspecified atom stereocenters. The molecule has 0 N–H and O–H groups in total. The summed E-state index contributed by atoms with van der Waals surface area (Å²) in [6.07, 6.45) is 0.835. The second-order valence-corrected chi connectivity index (χ2v) is 9.13. The summed E-state index contributed by atoms with van der Waals surface area (Å²) in [4.78, 5) is 13.4. The number of aryl methyl sites for hydroxylation is 3. The molecule has 2 aromatic heterocycles. The fourth-order valence-corrected chi connectivity index (χ4v) is 4.94. The van der Waals surface area contributed by atoms with Gasteiger partial charge in [-0.25, -0.2) is 13.1 Å². The number of sulfonamides is 1. The van der Waals surface area contributed by atoms with E-state index in [0.717, 1.165) is 22.0 Å². The van der Waals surface area contributed by atoms with Crippen LogP contribution in [-0.2, 0) is 16.4 Å². The van der Waals surface area contributed by atoms with E-state index in [0.29, 0.717) is 16.3 Å². The number of thiophene rings is 1. The molecule has 0 fully saturated rings. The Hall–Kier alpha value is -2.45. The summed E-state index contributed by atoms with van der Waals surface area (Å²) in [7, 11) is -2.31. The Balaban J connectivity index is 1.98. The largest absolute Gasteiger partial charge is 0.290 e. The van der Waals surface area contributed by atoms with E-state index in [9.17, 15) is 13.2 Å². The van der Waals surface area contributed by atoms with Gasteiger partial charge in [-0.3, -0.25) is 9.10 Å². The van der Waals surface area contributed by atoms with Crippen molar-refractivity contribution in [2.45, 2.75) is 32.1 Å². The van der Waals surface area contributed by atoms with Crippen molar-refractivity contribution >= 4 is 33.0 Å². The lowest BCUT2D eigenvalue weighted by molar-refractivity contribution is 0.0947. The zero-order valence-electron chi connectivity index (χ0n) is 15.6. The monoisotopic (exact) mass is 403 g/mol. The number of hydrogen-bond acceptors (Lipinski definition) is 5. The molecule has 0 aliphatic carbocycles. The third-order valence-electron chi connectivity index (χ3n) is 4.37. The van der Waals surface area contributed by atoms with Gasteiger partial charge in [-0.05, 0) is 55.5 Å². The predicted octanol–water partition coefficient (Wildman–Crippen LogP) is 3.64. The SMILES string of the molecule is CCc1ccc(S(=O)(=O)N(C)c2ccsc2C(=O)n2nc(C)cc2C)cc1. The van der Waals surface area contributed by atoms with Crippen LogP contribution in [0, 0.1) is 13.8 Å². The number of aromatic nitrogens is 2. The molecule has 3 aromatic rings. The number of carbonyl (C=O) groups is 1. The highest BCUT2D eigenvalue weighted by Gasteiger charge is 2.27. The lowest BCUT2D eigenvalue weighted by Gasteiger charge is -2.20. The van der Waals surface area contributed by atoms with E-state index < -0.39 is 10.0 Å². The quantitative estimate of drug-likeness (QED) is 0.652. The van der Waals surface area contributed by atoms with Crippen LogP contribution < -0.4 is 4.31 Å². The van der Waals surface area contributed by atoms with Crippen molar-refractivity contribution in [3.63, 3.8) is 0 Å². The summed E-state index contributed by atoms with van der Waals surface area (Å²) in [5.74, 6) is -0.339. The maximum atomic E-state index is 13.0. The number of rotatable bonds is 5. The third kappa shape index (κ3) is 3.54. The third-order valence-corrected chi connectivity index (χ3v) is 7.05. The van der Waals surface area contributed by atoms with Crippen LogP contribution in [0.1, 0.15) is 33.5 Å². The van der Waals surface area contributed by atoms with E-state index in [1.54, 1.807) is 48.7 Å². The molecule has 0 saturated heterocycles. The molecule has 0 aliphatic heterocycles. The Morgan fingerprint density at radius 1 is 1.19 bits per heavy atom. The van der Waals surface area contributed by atoms with E-state index >= 15 is 0 Å². The van der Waals surface area contributed by atoms with E-state index in [-0.39, 0.29) is 10.8 Å². The van der Waals surface area contributed by atoms with Crippen LogP contribution in [0.2, 0.25) is 0 Å². The standard InChI is InChI=1S/C19H21N3O3S2/c1-5-15-6-8-16(9-7-15)27(24,25)21(4)17-10-11-26-18(17)19(23)22-14(3)12-13(2)20-22/h6-12H,5H2,1-4H3. The van der Waals surface area contributed by atoms with Gasteiger partial charge in [0.1, 0.15) is 4.88 Å². The molecule has 0 spiro atoms. The van der Waals surface area contributed by atoms with Gasteiger partial charge in [-0.1, -0.05) is 19.1 Å². The minimum absolute atomic E-state index is 0.193. The molecule has 6 nitrogen and oxygen atoms in total. The Bertz CT molecular complexity index is 1080. The van der Waals surface area contributed by atoms with Gasteiger partial charge in [-0.15, -0.1) is 11.3 Å². The summed E-state index contributed by atoms with van der Waals surface area (Å²) in [6, 6.07) is 10.2. The maximum Gasteiger partial charge on any atom is 0.290 e. The zero-order chi connectivity index (χ0) is 19.8. The highest BCUT2D eigenvalue weighted by Crippen LogP contribution is 2.31. The van der Waals surface area contributed by atoms with Crippen LogP contribution in [0.5, 0.6) is 0 Å². The molecule has 0 amide bonds. The van der Waals surface area contributed by atoms with Gasteiger partial charge in [0, 0.05) is 12.7 Å². The van der Waals surface area contributed by atoms with Crippen molar-refractivity contribution in [1.29, 1.82) is 0 Å². The van der Waals surface area contributed by atoms with Crippen molar-refractivity contribution < 1.29 is 13.2 Å². The first-order valence-corrected chi connectivity index (χ1v) is 10.8. The molecule has 0 atom stereocenters. The van der Waals surface area contributed by atoms with Crippen molar-refractivity contribution in [3.8, 4) is 0 Å². The van der Waals surface area contributed by atoms with Crippen LogP contribution in [0.25, 0.3) is 0 Å². The minimum atomic E-state index is -3.77. The second-order valence-electron chi connectivity index (χ2n) is 6.25. The number of hydrogen-bond donors (Lipinski definition) is 0. The van der Waals surface area contributed by atoms with Gasteiger partial charge in [0.25, 0.3) is 15.9 Å². The van der Waals surface area contributed by atoms with Crippen LogP contribution in [-0.4, -0.2) is 31.2 Å². The molecule has 2 heterocycles. The van der Waals surface area contributed by atoms with Crippen molar-refractivity contribution in [2.75, 3.05) is 11.4 Å². The predicted molar refractivity (Wildman–Crippen MR) is 107 cm³/mol. The molecule has 0 radical (unpaired) electrons. The number of benzene rings is 1. The van der Waals surface area contributed by atoms with Gasteiger partial charge in [0.05, 0.1) is 16.3 Å². The van der Waals surface area contributed by atoms with Gasteiger partial charge >= 0.3 is 0 Å². The lowest BCUT2D eigenvalue weighted by atomic mass is 10.2. The van der Waals surface area contributed by atoms with Crippen LogP contribution >= 0.6 is 11.3 Å². The summed E-state index contributed by atoms with van der Waals surface area (Å²) < 4.78 is 28.5. The van der Waals surface area contributed by atoms with E-state index in [4.69, 9.17) is 0 Å². The summed E-state index contributed by atoms with van der Waals surface area (Å²) in [5, 5.41) is 5.92. The van der Waals surface area contributed by atoms with Gasteiger partial charge in [-0.2, -0.15) is 5.10 Å². The summed E-state index contributed by atoms with van der Waals surface area (Å²) in [5.41, 5.74) is 2.85. The van der Waals surface area contributed by atoms with E-state index in [1.807, 2.05) is 13.8 Å². The normalized spacial score (nSPS) is 11.6. The highest BCUT2D eigenvalue weighted by molar-refractivity contribution is 7.92. The zero-order valence-corrected chi connectivity index (χ0v) is 17.3.